The van der Waals surface area contributed by atoms with Crippen molar-refractivity contribution in [2.45, 2.75) is 12.5 Å². The number of fused-ring (bicyclic) bond motifs is 1. The van der Waals surface area contributed by atoms with Crippen molar-refractivity contribution >= 4 is 22.6 Å². The van der Waals surface area contributed by atoms with Crippen LogP contribution in [0.5, 0.6) is 0 Å². The molecule has 0 saturated carbocycles. The van der Waals surface area contributed by atoms with Crippen LogP contribution in [0.1, 0.15) is 28.4 Å². The Labute approximate surface area is 143 Å². The number of carboxylic acids is 1. The zero-order chi connectivity index (χ0) is 17.8. The van der Waals surface area contributed by atoms with Crippen LogP contribution in [-0.4, -0.2) is 22.0 Å². The maximum Gasteiger partial charge on any atom is 0.305 e. The average Bonchev–Trinajstić information content (AvgIpc) is 2.61. The van der Waals surface area contributed by atoms with Gasteiger partial charge in [-0.15, -0.1) is 0 Å². The standard InChI is InChI=1S/C19H15FN2O3/c20-14-7-5-12(6-8-14)17(9-18(23)24)22-19(25)16-11-21-10-13-3-1-2-4-15(13)16/h1-8,10-11,17H,9H2,(H,22,25)(H,23,24). The highest BCUT2D eigenvalue weighted by Gasteiger charge is 2.20. The van der Waals surface area contributed by atoms with E-state index in [1.165, 1.54) is 30.5 Å². The van der Waals surface area contributed by atoms with E-state index in [4.69, 9.17) is 5.11 Å². The van der Waals surface area contributed by atoms with Crippen LogP contribution < -0.4 is 5.32 Å². The molecule has 25 heavy (non-hydrogen) atoms. The van der Waals surface area contributed by atoms with Gasteiger partial charge in [-0.3, -0.25) is 14.6 Å². The first kappa shape index (κ1) is 16.6. The second-order valence-electron chi connectivity index (χ2n) is 5.58. The molecule has 0 fully saturated rings. The lowest BCUT2D eigenvalue weighted by Crippen LogP contribution is -2.30. The number of aromatic nitrogens is 1. The summed E-state index contributed by atoms with van der Waals surface area (Å²) in [5, 5.41) is 13.4. The van der Waals surface area contributed by atoms with E-state index in [9.17, 15) is 14.0 Å². The number of hydrogen-bond acceptors (Lipinski definition) is 3. The number of halogens is 1. The SMILES string of the molecule is O=C(O)CC(NC(=O)c1cncc2ccccc12)c1ccc(F)cc1. The van der Waals surface area contributed by atoms with Gasteiger partial charge in [0.2, 0.25) is 0 Å². The third kappa shape index (κ3) is 3.80. The topological polar surface area (TPSA) is 79.3 Å². The number of carbonyl (C=O) groups excluding carboxylic acids is 1. The Kier molecular flexibility index (Phi) is 4.70. The zero-order valence-electron chi connectivity index (χ0n) is 13.1. The summed E-state index contributed by atoms with van der Waals surface area (Å²) in [5.41, 5.74) is 0.876. The number of amides is 1. The Morgan fingerprint density at radius 2 is 1.80 bits per heavy atom. The summed E-state index contributed by atoms with van der Waals surface area (Å²) >= 11 is 0. The van der Waals surface area contributed by atoms with E-state index in [2.05, 4.69) is 10.3 Å². The molecule has 6 heteroatoms. The quantitative estimate of drug-likeness (QED) is 0.748. The minimum atomic E-state index is -1.06. The number of aliphatic carboxylic acids is 1. The number of benzene rings is 2. The third-order valence-corrected chi connectivity index (χ3v) is 3.87. The summed E-state index contributed by atoms with van der Waals surface area (Å²) in [6, 6.07) is 11.9. The predicted octanol–water partition coefficient (Wildman–Crippen LogP) is 3.32. The normalized spacial score (nSPS) is 11.9. The van der Waals surface area contributed by atoms with Crippen molar-refractivity contribution in [3.63, 3.8) is 0 Å². The molecule has 3 aromatic rings. The van der Waals surface area contributed by atoms with Crippen LogP contribution in [-0.2, 0) is 4.79 Å². The number of rotatable bonds is 5. The van der Waals surface area contributed by atoms with Crippen molar-refractivity contribution in [2.24, 2.45) is 0 Å². The van der Waals surface area contributed by atoms with Crippen LogP contribution in [0, 0.1) is 5.82 Å². The van der Waals surface area contributed by atoms with Gasteiger partial charge in [0.05, 0.1) is 18.0 Å². The third-order valence-electron chi connectivity index (χ3n) is 3.87. The Balaban J connectivity index is 1.91. The van der Waals surface area contributed by atoms with Gasteiger partial charge in [-0.05, 0) is 23.1 Å². The van der Waals surface area contributed by atoms with Crippen molar-refractivity contribution in [1.29, 1.82) is 0 Å². The summed E-state index contributed by atoms with van der Waals surface area (Å²) in [7, 11) is 0. The fourth-order valence-electron chi connectivity index (χ4n) is 2.66. The van der Waals surface area contributed by atoms with Gasteiger partial charge >= 0.3 is 5.97 Å². The first-order chi connectivity index (χ1) is 12.0. The monoisotopic (exact) mass is 338 g/mol. The van der Waals surface area contributed by atoms with E-state index in [1.807, 2.05) is 18.2 Å². The van der Waals surface area contributed by atoms with Gasteiger partial charge in [0.1, 0.15) is 5.82 Å². The number of carbonyl (C=O) groups is 2. The fraction of sp³-hybridized carbons (Fsp3) is 0.105. The van der Waals surface area contributed by atoms with E-state index in [0.717, 1.165) is 10.8 Å². The minimum absolute atomic E-state index is 0.310. The first-order valence-electron chi connectivity index (χ1n) is 7.65. The highest BCUT2D eigenvalue weighted by molar-refractivity contribution is 6.06. The predicted molar refractivity (Wildman–Crippen MR) is 90.6 cm³/mol. The molecule has 5 nitrogen and oxygen atoms in total. The largest absolute Gasteiger partial charge is 0.481 e. The van der Waals surface area contributed by atoms with Crippen LogP contribution in [0.3, 0.4) is 0 Å². The molecule has 0 spiro atoms. The molecular weight excluding hydrogens is 323 g/mol. The molecule has 1 aromatic heterocycles. The van der Waals surface area contributed by atoms with E-state index in [-0.39, 0.29) is 6.42 Å². The minimum Gasteiger partial charge on any atom is -0.481 e. The van der Waals surface area contributed by atoms with Gasteiger partial charge < -0.3 is 10.4 Å². The van der Waals surface area contributed by atoms with Gasteiger partial charge in [0.25, 0.3) is 5.91 Å². The average molecular weight is 338 g/mol. The molecule has 0 bridgehead atoms. The molecule has 126 valence electrons. The molecule has 2 N–H and O–H groups in total. The van der Waals surface area contributed by atoms with Gasteiger partial charge in [-0.25, -0.2) is 4.39 Å². The molecule has 0 aliphatic carbocycles. The summed E-state index contributed by atoms with van der Waals surface area (Å²) in [5.74, 6) is -1.92. The van der Waals surface area contributed by atoms with Crippen LogP contribution in [0.15, 0.2) is 60.9 Å². The van der Waals surface area contributed by atoms with Crippen molar-refractivity contribution < 1.29 is 19.1 Å². The van der Waals surface area contributed by atoms with Crippen molar-refractivity contribution in [3.8, 4) is 0 Å². The van der Waals surface area contributed by atoms with Gasteiger partial charge in [0, 0.05) is 17.8 Å². The molecule has 0 radical (unpaired) electrons. The molecule has 0 saturated heterocycles. The smallest absolute Gasteiger partial charge is 0.305 e. The molecule has 1 unspecified atom stereocenters. The Hall–Kier alpha value is -3.28. The molecule has 1 atom stereocenters. The van der Waals surface area contributed by atoms with E-state index in [0.29, 0.717) is 11.1 Å². The lowest BCUT2D eigenvalue weighted by atomic mass is 10.0. The van der Waals surface area contributed by atoms with Crippen LogP contribution in [0.4, 0.5) is 4.39 Å². The molecular formula is C19H15FN2O3. The molecule has 1 amide bonds. The lowest BCUT2D eigenvalue weighted by molar-refractivity contribution is -0.137. The number of carboxylic acid groups (broad SMARTS) is 1. The maximum atomic E-state index is 13.1. The number of nitrogens with zero attached hydrogens (tertiary/aromatic N) is 1. The summed E-state index contributed by atoms with van der Waals surface area (Å²) in [6.07, 6.45) is 2.79. The zero-order valence-corrected chi connectivity index (χ0v) is 13.1. The number of hydrogen-bond donors (Lipinski definition) is 2. The van der Waals surface area contributed by atoms with Crippen molar-refractivity contribution in [1.82, 2.24) is 10.3 Å². The van der Waals surface area contributed by atoms with Crippen LogP contribution in [0.25, 0.3) is 10.8 Å². The molecule has 2 aromatic carbocycles. The number of pyridine rings is 1. The Bertz CT molecular complexity index is 920. The molecule has 0 aliphatic heterocycles. The van der Waals surface area contributed by atoms with Crippen LogP contribution in [0.2, 0.25) is 0 Å². The maximum absolute atomic E-state index is 13.1. The fourth-order valence-corrected chi connectivity index (χ4v) is 2.66. The molecule has 0 aliphatic rings. The first-order valence-corrected chi connectivity index (χ1v) is 7.65. The second kappa shape index (κ2) is 7.09. The lowest BCUT2D eigenvalue weighted by Gasteiger charge is -2.18. The molecule has 3 rings (SSSR count). The van der Waals surface area contributed by atoms with E-state index < -0.39 is 23.7 Å². The summed E-state index contributed by atoms with van der Waals surface area (Å²) in [4.78, 5) is 27.9. The van der Waals surface area contributed by atoms with Gasteiger partial charge in [0.15, 0.2) is 0 Å². The van der Waals surface area contributed by atoms with Crippen LogP contribution >= 0.6 is 0 Å². The Morgan fingerprint density at radius 3 is 2.52 bits per heavy atom. The number of nitrogens with one attached hydrogen (secondary N) is 1. The second-order valence-corrected chi connectivity index (χ2v) is 5.58. The summed E-state index contributed by atoms with van der Waals surface area (Å²) < 4.78 is 13.1. The Morgan fingerprint density at radius 1 is 1.08 bits per heavy atom. The van der Waals surface area contributed by atoms with Crippen molar-refractivity contribution in [2.75, 3.05) is 0 Å². The summed E-state index contributed by atoms with van der Waals surface area (Å²) in [6.45, 7) is 0. The van der Waals surface area contributed by atoms with E-state index in [1.54, 1.807) is 12.3 Å². The van der Waals surface area contributed by atoms with Gasteiger partial charge in [-0.2, -0.15) is 0 Å². The van der Waals surface area contributed by atoms with Gasteiger partial charge in [-0.1, -0.05) is 36.4 Å². The highest BCUT2D eigenvalue weighted by atomic mass is 19.1. The highest BCUT2D eigenvalue weighted by Crippen LogP contribution is 2.21. The van der Waals surface area contributed by atoms with Crippen molar-refractivity contribution in [3.05, 3.63) is 77.9 Å². The van der Waals surface area contributed by atoms with E-state index >= 15 is 0 Å². The molecule has 1 heterocycles.